The molecule has 1 rings (SSSR count). The van der Waals surface area contributed by atoms with Gasteiger partial charge in [0.05, 0.1) is 26.4 Å². The van der Waals surface area contributed by atoms with Crippen LogP contribution in [-0.2, 0) is 14.3 Å². The van der Waals surface area contributed by atoms with Crippen molar-refractivity contribution >= 4 is 23.6 Å². The second kappa shape index (κ2) is 8.42. The lowest BCUT2D eigenvalue weighted by atomic mass is 10.3. The van der Waals surface area contributed by atoms with Gasteiger partial charge in [0.15, 0.2) is 0 Å². The van der Waals surface area contributed by atoms with Crippen molar-refractivity contribution in [3.63, 3.8) is 0 Å². The Bertz CT molecular complexity index is 419. The normalized spacial score (nSPS) is 9.79. The summed E-state index contributed by atoms with van der Waals surface area (Å²) in [6.45, 7) is 0.300. The van der Waals surface area contributed by atoms with Crippen LogP contribution in [0.1, 0.15) is 6.42 Å². The zero-order valence-electron chi connectivity index (χ0n) is 11.0. The summed E-state index contributed by atoms with van der Waals surface area (Å²) in [5.41, 5.74) is 0. The third-order valence-corrected chi connectivity index (χ3v) is 3.32. The fourth-order valence-corrected chi connectivity index (χ4v) is 2.01. The molecule has 6 heteroatoms. The van der Waals surface area contributed by atoms with Crippen molar-refractivity contribution in [1.29, 1.82) is 0 Å². The van der Waals surface area contributed by atoms with Crippen LogP contribution in [0.5, 0.6) is 5.75 Å². The highest BCUT2D eigenvalue weighted by Gasteiger charge is 2.05. The maximum Gasteiger partial charge on any atom is 0.307 e. The Hall–Kier alpha value is -1.69. The lowest BCUT2D eigenvalue weighted by molar-refractivity contribution is -0.140. The smallest absolute Gasteiger partial charge is 0.307 e. The maximum atomic E-state index is 11.5. The molecule has 1 amide bonds. The van der Waals surface area contributed by atoms with Gasteiger partial charge in [0, 0.05) is 11.4 Å². The van der Waals surface area contributed by atoms with Crippen LogP contribution < -0.4 is 10.1 Å². The van der Waals surface area contributed by atoms with Crippen molar-refractivity contribution in [1.82, 2.24) is 5.32 Å². The van der Waals surface area contributed by atoms with E-state index in [4.69, 9.17) is 4.74 Å². The molecule has 1 aromatic carbocycles. The van der Waals surface area contributed by atoms with Gasteiger partial charge >= 0.3 is 5.97 Å². The van der Waals surface area contributed by atoms with Gasteiger partial charge in [-0.3, -0.25) is 9.59 Å². The maximum absolute atomic E-state index is 11.5. The van der Waals surface area contributed by atoms with Crippen molar-refractivity contribution in [3.8, 4) is 5.75 Å². The molecule has 0 aromatic heterocycles. The van der Waals surface area contributed by atoms with E-state index in [-0.39, 0.29) is 18.3 Å². The zero-order chi connectivity index (χ0) is 14.1. The number of nitrogens with one attached hydrogen (secondary N) is 1. The number of thioether (sulfide) groups is 1. The monoisotopic (exact) mass is 283 g/mol. The molecule has 0 radical (unpaired) electrons. The topological polar surface area (TPSA) is 64.6 Å². The lowest BCUT2D eigenvalue weighted by Crippen LogP contribution is -2.27. The minimum Gasteiger partial charge on any atom is -0.497 e. The number of hydrogen-bond acceptors (Lipinski definition) is 5. The van der Waals surface area contributed by atoms with Crippen LogP contribution in [-0.4, -0.2) is 38.4 Å². The largest absolute Gasteiger partial charge is 0.497 e. The molecule has 0 unspecified atom stereocenters. The minimum atomic E-state index is -0.330. The molecule has 19 heavy (non-hydrogen) atoms. The minimum absolute atomic E-state index is 0.107. The average Bonchev–Trinajstić information content (AvgIpc) is 2.45. The van der Waals surface area contributed by atoms with Gasteiger partial charge in [0.2, 0.25) is 5.91 Å². The summed E-state index contributed by atoms with van der Waals surface area (Å²) in [5.74, 6) is 0.660. The van der Waals surface area contributed by atoms with E-state index in [2.05, 4.69) is 10.1 Å². The van der Waals surface area contributed by atoms with Crippen molar-refractivity contribution < 1.29 is 19.1 Å². The van der Waals surface area contributed by atoms with Crippen molar-refractivity contribution in [2.75, 3.05) is 26.5 Å². The number of carbonyl (C=O) groups excluding carboxylic acids is 2. The number of methoxy groups -OCH3 is 2. The van der Waals surface area contributed by atoms with Gasteiger partial charge < -0.3 is 14.8 Å². The molecule has 5 nitrogen and oxygen atoms in total. The quantitative estimate of drug-likeness (QED) is 0.606. The fraction of sp³-hybridized carbons (Fsp3) is 0.385. The summed E-state index contributed by atoms with van der Waals surface area (Å²) in [6.07, 6.45) is 0.190. The molecule has 0 atom stereocenters. The highest BCUT2D eigenvalue weighted by atomic mass is 32.2. The first kappa shape index (κ1) is 15.4. The van der Waals surface area contributed by atoms with Crippen molar-refractivity contribution in [3.05, 3.63) is 24.3 Å². The number of amides is 1. The van der Waals surface area contributed by atoms with E-state index in [1.807, 2.05) is 24.3 Å². The molecular formula is C13H17NO4S. The van der Waals surface area contributed by atoms with Gasteiger partial charge in [-0.15, -0.1) is 11.8 Å². The van der Waals surface area contributed by atoms with E-state index in [0.29, 0.717) is 12.3 Å². The summed E-state index contributed by atoms with van der Waals surface area (Å²) in [6, 6.07) is 7.48. The zero-order valence-corrected chi connectivity index (χ0v) is 11.8. The Morgan fingerprint density at radius 1 is 1.21 bits per heavy atom. The summed E-state index contributed by atoms with van der Waals surface area (Å²) in [7, 11) is 2.93. The highest BCUT2D eigenvalue weighted by Crippen LogP contribution is 2.20. The molecule has 0 spiro atoms. The molecule has 0 aliphatic rings. The molecule has 0 aliphatic heterocycles. The molecule has 0 heterocycles. The molecule has 1 N–H and O–H groups in total. The molecule has 0 aliphatic carbocycles. The standard InChI is InChI=1S/C13H17NO4S/c1-17-10-3-5-11(6-4-10)19-9-12(15)14-8-7-13(16)18-2/h3-6H,7-9H2,1-2H3,(H,14,15). The Morgan fingerprint density at radius 2 is 1.89 bits per heavy atom. The van der Waals surface area contributed by atoms with Crippen LogP contribution >= 0.6 is 11.8 Å². The second-order valence-corrected chi connectivity index (χ2v) is 4.69. The molecule has 1 aromatic rings. The fourth-order valence-electron chi connectivity index (χ4n) is 1.28. The van der Waals surface area contributed by atoms with Gasteiger partial charge in [0.1, 0.15) is 5.75 Å². The van der Waals surface area contributed by atoms with Crippen LogP contribution in [0.4, 0.5) is 0 Å². The van der Waals surface area contributed by atoms with Gasteiger partial charge in [-0.25, -0.2) is 0 Å². The summed E-state index contributed by atoms with van der Waals surface area (Å²) in [5, 5.41) is 2.66. The third-order valence-electron chi connectivity index (χ3n) is 2.31. The first-order valence-corrected chi connectivity index (χ1v) is 6.74. The van der Waals surface area contributed by atoms with Gasteiger partial charge in [-0.05, 0) is 24.3 Å². The molecule has 0 saturated heterocycles. The molecule has 0 fully saturated rings. The first-order chi connectivity index (χ1) is 9.15. The number of hydrogen-bond donors (Lipinski definition) is 1. The summed E-state index contributed by atoms with van der Waals surface area (Å²) in [4.78, 5) is 23.3. The second-order valence-electron chi connectivity index (χ2n) is 3.64. The van der Waals surface area contributed by atoms with E-state index in [9.17, 15) is 9.59 Å². The van der Waals surface area contributed by atoms with E-state index in [1.54, 1.807) is 7.11 Å². The predicted octanol–water partition coefficient (Wildman–Crippen LogP) is 1.47. The van der Waals surface area contributed by atoms with Crippen LogP contribution in [0.2, 0.25) is 0 Å². The van der Waals surface area contributed by atoms with E-state index in [0.717, 1.165) is 10.6 Å². The van der Waals surface area contributed by atoms with Crippen LogP contribution in [0.15, 0.2) is 29.2 Å². The van der Waals surface area contributed by atoms with Crippen molar-refractivity contribution in [2.24, 2.45) is 0 Å². The van der Waals surface area contributed by atoms with Crippen LogP contribution in [0.3, 0.4) is 0 Å². The number of carbonyl (C=O) groups is 2. The lowest BCUT2D eigenvalue weighted by Gasteiger charge is -2.05. The Morgan fingerprint density at radius 3 is 2.47 bits per heavy atom. The van der Waals surface area contributed by atoms with E-state index in [1.165, 1.54) is 18.9 Å². The number of ether oxygens (including phenoxy) is 2. The Balaban J connectivity index is 2.23. The van der Waals surface area contributed by atoms with Gasteiger partial charge in [-0.1, -0.05) is 0 Å². The molecule has 104 valence electrons. The third kappa shape index (κ3) is 6.15. The van der Waals surface area contributed by atoms with E-state index >= 15 is 0 Å². The summed E-state index contributed by atoms with van der Waals surface area (Å²) >= 11 is 1.43. The van der Waals surface area contributed by atoms with Crippen molar-refractivity contribution in [2.45, 2.75) is 11.3 Å². The SMILES string of the molecule is COC(=O)CCNC(=O)CSc1ccc(OC)cc1. The molecule has 0 saturated carbocycles. The average molecular weight is 283 g/mol. The predicted molar refractivity (Wildman–Crippen MR) is 73.4 cm³/mol. The van der Waals surface area contributed by atoms with Crippen LogP contribution in [0.25, 0.3) is 0 Å². The molecular weight excluding hydrogens is 266 g/mol. The van der Waals surface area contributed by atoms with Gasteiger partial charge in [0.25, 0.3) is 0 Å². The Labute approximate surface area is 116 Å². The number of benzene rings is 1. The number of esters is 1. The van der Waals surface area contributed by atoms with E-state index < -0.39 is 0 Å². The highest BCUT2D eigenvalue weighted by molar-refractivity contribution is 8.00. The molecule has 0 bridgehead atoms. The van der Waals surface area contributed by atoms with Crippen LogP contribution in [0, 0.1) is 0 Å². The first-order valence-electron chi connectivity index (χ1n) is 5.76. The Kier molecular flexibility index (Phi) is 6.81. The summed E-state index contributed by atoms with van der Waals surface area (Å²) < 4.78 is 9.52. The number of rotatable bonds is 7. The van der Waals surface area contributed by atoms with Gasteiger partial charge in [-0.2, -0.15) is 0 Å².